The summed E-state index contributed by atoms with van der Waals surface area (Å²) in [4.78, 5) is 0. The van der Waals surface area contributed by atoms with E-state index in [-0.39, 0.29) is 0 Å². The smallest absolute Gasteiger partial charge is 0.0626 e. The van der Waals surface area contributed by atoms with Gasteiger partial charge in [0.1, 0.15) is 0 Å². The maximum absolute atomic E-state index is 3.57. The van der Waals surface area contributed by atoms with Crippen LogP contribution in [-0.4, -0.2) is 7.05 Å². The lowest BCUT2D eigenvalue weighted by molar-refractivity contribution is 1.11. The van der Waals surface area contributed by atoms with Crippen molar-refractivity contribution in [1.82, 2.24) is 5.32 Å². The number of allylic oxidation sites excluding steroid dienone is 1. The fourth-order valence-corrected chi connectivity index (χ4v) is 3.49. The Kier molecular flexibility index (Phi) is 6.66. The van der Waals surface area contributed by atoms with Gasteiger partial charge in [-0.25, -0.2) is 0 Å². The van der Waals surface area contributed by atoms with Crippen LogP contribution in [0.15, 0.2) is 115 Å². The summed E-state index contributed by atoms with van der Waals surface area (Å²) in [7, 11) is 1.97. The van der Waals surface area contributed by atoms with E-state index in [4.69, 9.17) is 0 Å². The minimum absolute atomic E-state index is 0.833. The molecule has 0 aliphatic rings. The number of hydrogen-bond acceptors (Lipinski definition) is 3. The molecular formula is C28H27N3. The van der Waals surface area contributed by atoms with E-state index in [0.717, 1.165) is 34.9 Å². The van der Waals surface area contributed by atoms with Gasteiger partial charge >= 0.3 is 0 Å². The van der Waals surface area contributed by atoms with Crippen LogP contribution in [0.5, 0.6) is 0 Å². The van der Waals surface area contributed by atoms with Crippen LogP contribution in [0.4, 0.5) is 22.7 Å². The fourth-order valence-electron chi connectivity index (χ4n) is 3.49. The Morgan fingerprint density at radius 2 is 1.19 bits per heavy atom. The van der Waals surface area contributed by atoms with Gasteiger partial charge in [-0.15, -0.1) is 0 Å². The monoisotopic (exact) mass is 405 g/mol. The molecule has 3 heteroatoms. The van der Waals surface area contributed by atoms with Gasteiger partial charge in [-0.2, -0.15) is 0 Å². The zero-order valence-electron chi connectivity index (χ0n) is 17.7. The zero-order valence-corrected chi connectivity index (χ0v) is 17.7. The van der Waals surface area contributed by atoms with Gasteiger partial charge in [0, 0.05) is 24.1 Å². The molecule has 0 spiro atoms. The van der Waals surface area contributed by atoms with Crippen molar-refractivity contribution in [2.45, 2.75) is 6.42 Å². The molecule has 0 unspecified atom stereocenters. The van der Waals surface area contributed by atoms with E-state index in [1.807, 2.05) is 49.5 Å². The van der Waals surface area contributed by atoms with Crippen LogP contribution in [0, 0.1) is 0 Å². The van der Waals surface area contributed by atoms with E-state index in [2.05, 4.69) is 88.8 Å². The Morgan fingerprint density at radius 3 is 1.77 bits per heavy atom. The third-order valence-electron chi connectivity index (χ3n) is 5.09. The molecule has 3 nitrogen and oxygen atoms in total. The molecule has 0 atom stereocenters. The highest BCUT2D eigenvalue weighted by atomic mass is 15.0. The Bertz CT molecular complexity index is 1120. The molecule has 31 heavy (non-hydrogen) atoms. The zero-order chi connectivity index (χ0) is 21.3. The summed E-state index contributed by atoms with van der Waals surface area (Å²) >= 11 is 0. The van der Waals surface area contributed by atoms with Gasteiger partial charge in [0.15, 0.2) is 0 Å². The van der Waals surface area contributed by atoms with Gasteiger partial charge in [-0.3, -0.25) is 0 Å². The maximum Gasteiger partial charge on any atom is 0.0626 e. The highest BCUT2D eigenvalue weighted by molar-refractivity contribution is 5.79. The standard InChI is InChI=1S/C28H27N3/c1-29-26(23-11-5-2-6-12-23)19-17-22-18-20-27(30-24-13-7-3-8-14-24)28(21-22)31-25-15-9-4-10-16-25/h2-16,18-21,29-31H,17H2,1H3/b26-19-. The normalized spacial score (nSPS) is 11.1. The number of para-hydroxylation sites is 2. The molecule has 4 rings (SSSR count). The van der Waals surface area contributed by atoms with Crippen LogP contribution in [0.1, 0.15) is 11.1 Å². The first-order chi connectivity index (χ1) is 15.3. The molecule has 0 bridgehead atoms. The molecule has 3 N–H and O–H groups in total. The average molecular weight is 406 g/mol. The van der Waals surface area contributed by atoms with Gasteiger partial charge in [-0.1, -0.05) is 78.9 Å². The van der Waals surface area contributed by atoms with Gasteiger partial charge in [-0.05, 0) is 53.9 Å². The van der Waals surface area contributed by atoms with Gasteiger partial charge in [0.05, 0.1) is 11.4 Å². The first kappa shape index (κ1) is 20.3. The van der Waals surface area contributed by atoms with Gasteiger partial charge in [0.25, 0.3) is 0 Å². The largest absolute Gasteiger partial charge is 0.388 e. The molecule has 0 aliphatic carbocycles. The molecule has 0 aliphatic heterocycles. The van der Waals surface area contributed by atoms with Crippen molar-refractivity contribution >= 4 is 28.4 Å². The lowest BCUT2D eigenvalue weighted by Gasteiger charge is -2.16. The summed E-state index contributed by atoms with van der Waals surface area (Å²) in [5, 5.41) is 10.4. The van der Waals surface area contributed by atoms with Crippen molar-refractivity contribution in [3.63, 3.8) is 0 Å². The molecule has 0 aromatic heterocycles. The summed E-state index contributed by atoms with van der Waals surface area (Å²) in [6.45, 7) is 0. The van der Waals surface area contributed by atoms with Crippen molar-refractivity contribution in [3.8, 4) is 0 Å². The van der Waals surface area contributed by atoms with E-state index in [0.29, 0.717) is 0 Å². The fraction of sp³-hybridized carbons (Fsp3) is 0.0714. The van der Waals surface area contributed by atoms with E-state index in [1.165, 1.54) is 11.1 Å². The summed E-state index contributed by atoms with van der Waals surface area (Å²) in [5.74, 6) is 0. The highest BCUT2D eigenvalue weighted by Crippen LogP contribution is 2.30. The third kappa shape index (κ3) is 5.55. The summed E-state index contributed by atoms with van der Waals surface area (Å²) in [5.41, 5.74) is 7.77. The van der Waals surface area contributed by atoms with Crippen LogP contribution < -0.4 is 16.0 Å². The van der Waals surface area contributed by atoms with Crippen LogP contribution in [-0.2, 0) is 6.42 Å². The lowest BCUT2D eigenvalue weighted by atomic mass is 10.1. The predicted molar refractivity (Wildman–Crippen MR) is 133 cm³/mol. The van der Waals surface area contributed by atoms with Crippen molar-refractivity contribution in [2.24, 2.45) is 0 Å². The number of benzene rings is 4. The number of rotatable bonds is 8. The quantitative estimate of drug-likeness (QED) is 0.296. The van der Waals surface area contributed by atoms with Crippen molar-refractivity contribution in [3.05, 3.63) is 126 Å². The molecule has 0 amide bonds. The van der Waals surface area contributed by atoms with E-state index >= 15 is 0 Å². The van der Waals surface area contributed by atoms with E-state index in [9.17, 15) is 0 Å². The maximum atomic E-state index is 3.57. The Balaban J connectivity index is 1.61. The molecule has 0 saturated heterocycles. The second-order valence-electron chi connectivity index (χ2n) is 7.30. The van der Waals surface area contributed by atoms with Gasteiger partial charge in [0.2, 0.25) is 0 Å². The minimum Gasteiger partial charge on any atom is -0.388 e. The summed E-state index contributed by atoms with van der Waals surface area (Å²) in [6.07, 6.45) is 3.07. The Morgan fingerprint density at radius 1 is 0.645 bits per heavy atom. The lowest BCUT2D eigenvalue weighted by Crippen LogP contribution is -2.05. The molecule has 0 heterocycles. The minimum atomic E-state index is 0.833. The van der Waals surface area contributed by atoms with Crippen LogP contribution in [0.25, 0.3) is 5.70 Å². The van der Waals surface area contributed by atoms with Crippen LogP contribution in [0.3, 0.4) is 0 Å². The van der Waals surface area contributed by atoms with Crippen molar-refractivity contribution < 1.29 is 0 Å². The molecule has 0 saturated carbocycles. The molecule has 4 aromatic rings. The molecular weight excluding hydrogens is 378 g/mol. The molecule has 4 aromatic carbocycles. The summed E-state index contributed by atoms with van der Waals surface area (Å²) in [6, 6.07) is 37.4. The number of hydrogen-bond donors (Lipinski definition) is 3. The number of anilines is 4. The highest BCUT2D eigenvalue weighted by Gasteiger charge is 2.06. The van der Waals surface area contributed by atoms with Crippen molar-refractivity contribution in [1.29, 1.82) is 0 Å². The molecule has 154 valence electrons. The SMILES string of the molecule is CN/C(=C\Cc1ccc(Nc2ccccc2)c(Nc2ccccc2)c1)c1ccccc1. The summed E-state index contributed by atoms with van der Waals surface area (Å²) < 4.78 is 0. The first-order valence-corrected chi connectivity index (χ1v) is 10.5. The van der Waals surface area contributed by atoms with Crippen LogP contribution >= 0.6 is 0 Å². The average Bonchev–Trinajstić information content (AvgIpc) is 2.83. The number of nitrogens with one attached hydrogen (secondary N) is 3. The second-order valence-corrected chi connectivity index (χ2v) is 7.30. The Labute approximate surface area is 184 Å². The Hall–Kier alpha value is -3.98. The molecule has 0 radical (unpaired) electrons. The van der Waals surface area contributed by atoms with E-state index in [1.54, 1.807) is 0 Å². The topological polar surface area (TPSA) is 36.1 Å². The first-order valence-electron chi connectivity index (χ1n) is 10.5. The second kappa shape index (κ2) is 10.2. The van der Waals surface area contributed by atoms with Crippen LogP contribution in [0.2, 0.25) is 0 Å². The predicted octanol–water partition coefficient (Wildman–Crippen LogP) is 6.98. The van der Waals surface area contributed by atoms with Gasteiger partial charge < -0.3 is 16.0 Å². The molecule has 0 fully saturated rings. The van der Waals surface area contributed by atoms with Crippen molar-refractivity contribution in [2.75, 3.05) is 17.7 Å². The third-order valence-corrected chi connectivity index (χ3v) is 5.09. The van der Waals surface area contributed by atoms with E-state index < -0.39 is 0 Å².